The number of hydrogen-bond acceptors (Lipinski definition) is 5. The third kappa shape index (κ3) is 11.9. The van der Waals surface area contributed by atoms with Crippen molar-refractivity contribution in [2.45, 2.75) is 75.9 Å². The Labute approximate surface area is 170 Å². The number of hydrogen-bond donors (Lipinski definition) is 1. The van der Waals surface area contributed by atoms with E-state index in [1.807, 2.05) is 6.92 Å². The zero-order chi connectivity index (χ0) is 20.5. The normalized spacial score (nSPS) is 14.3. The van der Waals surface area contributed by atoms with E-state index in [1.54, 1.807) is 34.6 Å². The monoisotopic (exact) mass is 434 g/mol. The topological polar surface area (TPSA) is 77.1 Å². The van der Waals surface area contributed by atoms with E-state index in [0.29, 0.717) is 6.61 Å². The second-order valence-electron chi connectivity index (χ2n) is 6.86. The zero-order valence-electron chi connectivity index (χ0n) is 16.1. The molecule has 0 heterocycles. The molecule has 0 rings (SSSR count). The second-order valence-corrected chi connectivity index (χ2v) is 9.37. The highest BCUT2D eigenvalue weighted by molar-refractivity contribution is 6.67. The van der Waals surface area contributed by atoms with Crippen LogP contribution in [0.25, 0.3) is 0 Å². The Kier molecular flexibility index (Phi) is 11.0. The maximum Gasteiger partial charge on any atom is 0.434 e. The molecule has 1 N–H and O–H groups in total. The van der Waals surface area contributed by atoms with Gasteiger partial charge in [-0.1, -0.05) is 48.1 Å². The number of amides is 2. The van der Waals surface area contributed by atoms with E-state index in [9.17, 15) is 9.59 Å². The summed E-state index contributed by atoms with van der Waals surface area (Å²) in [5.41, 5.74) is -0.631. The van der Waals surface area contributed by atoms with Crippen molar-refractivity contribution in [3.63, 3.8) is 0 Å². The highest BCUT2D eigenvalue weighted by Crippen LogP contribution is 2.26. The number of unbranched alkanes of at least 4 members (excludes halogenated alkanes) is 1. The number of carbonyl (C=O) groups excluding carboxylic acids is 2. The van der Waals surface area contributed by atoms with Crippen LogP contribution in [-0.4, -0.2) is 51.9 Å². The second kappa shape index (κ2) is 11.3. The van der Waals surface area contributed by atoms with Crippen LogP contribution in [0.1, 0.15) is 54.4 Å². The van der Waals surface area contributed by atoms with Gasteiger partial charge in [0.15, 0.2) is 0 Å². The minimum Gasteiger partial charge on any atom is -0.444 e. The molecule has 0 aliphatic carbocycles. The lowest BCUT2D eigenvalue weighted by Crippen LogP contribution is -2.52. The Balaban J connectivity index is 4.92. The predicted octanol–water partition coefficient (Wildman–Crippen LogP) is 4.83. The van der Waals surface area contributed by atoms with Crippen LogP contribution in [0.4, 0.5) is 9.59 Å². The van der Waals surface area contributed by atoms with Gasteiger partial charge in [-0.05, 0) is 41.0 Å². The molecule has 0 radical (unpaired) electrons. The van der Waals surface area contributed by atoms with Crippen LogP contribution in [0.2, 0.25) is 0 Å². The van der Waals surface area contributed by atoms with Crippen LogP contribution in [0.3, 0.4) is 0 Å². The van der Waals surface area contributed by atoms with Crippen LogP contribution in [0.15, 0.2) is 0 Å². The molecule has 0 fully saturated rings. The van der Waals surface area contributed by atoms with Gasteiger partial charge >= 0.3 is 12.2 Å². The summed E-state index contributed by atoms with van der Waals surface area (Å²) in [7, 11) is 0. The fourth-order valence-corrected chi connectivity index (χ4v) is 1.83. The molecular weight excluding hydrogens is 407 g/mol. The Bertz CT molecular complexity index is 452. The van der Waals surface area contributed by atoms with Gasteiger partial charge < -0.3 is 14.8 Å². The Morgan fingerprint density at radius 2 is 1.73 bits per heavy atom. The summed E-state index contributed by atoms with van der Waals surface area (Å²) in [5, 5.41) is 3.70. The molecular formula is C16H29Cl3N2O5. The quantitative estimate of drug-likeness (QED) is 0.336. The lowest BCUT2D eigenvalue weighted by atomic mass is 10.1. The van der Waals surface area contributed by atoms with E-state index in [1.165, 1.54) is 0 Å². The van der Waals surface area contributed by atoms with E-state index in [-0.39, 0.29) is 0 Å². The number of carbonyl (C=O) groups is 2. The molecule has 0 bridgehead atoms. The van der Waals surface area contributed by atoms with Crippen molar-refractivity contribution in [3.05, 3.63) is 0 Å². The largest absolute Gasteiger partial charge is 0.444 e. The molecule has 154 valence electrons. The molecule has 0 saturated carbocycles. The first kappa shape index (κ1) is 25.4. The standard InChI is InChI=1S/C16H29Cl3N2O5/c1-7-8-9-25-21(14(23)24-10-16(17,18)19)12(3)11(2)20-13(22)26-15(4,5)6/h11-12H,7-10H2,1-6H3,(H,20,22). The Morgan fingerprint density at radius 1 is 1.15 bits per heavy atom. The molecule has 26 heavy (non-hydrogen) atoms. The molecule has 2 atom stereocenters. The third-order valence-electron chi connectivity index (χ3n) is 3.11. The van der Waals surface area contributed by atoms with Crippen molar-refractivity contribution in [2.75, 3.05) is 13.2 Å². The summed E-state index contributed by atoms with van der Waals surface area (Å²) in [6.45, 7) is 10.6. The van der Waals surface area contributed by atoms with Crippen LogP contribution < -0.4 is 5.32 Å². The summed E-state index contributed by atoms with van der Waals surface area (Å²) < 4.78 is 8.46. The first-order chi connectivity index (χ1) is 11.8. The molecule has 7 nitrogen and oxygen atoms in total. The van der Waals surface area contributed by atoms with Crippen LogP contribution in [-0.2, 0) is 14.3 Å². The Hall–Kier alpha value is -0.630. The molecule has 2 amide bonds. The van der Waals surface area contributed by atoms with Gasteiger partial charge in [0.2, 0.25) is 3.79 Å². The van der Waals surface area contributed by atoms with Crippen molar-refractivity contribution >= 4 is 47.0 Å². The highest BCUT2D eigenvalue weighted by Gasteiger charge is 2.31. The van der Waals surface area contributed by atoms with Crippen LogP contribution in [0, 0.1) is 0 Å². The van der Waals surface area contributed by atoms with Crippen molar-refractivity contribution in [2.24, 2.45) is 0 Å². The summed E-state index contributed by atoms with van der Waals surface area (Å²) >= 11 is 16.8. The first-order valence-corrected chi connectivity index (χ1v) is 9.55. The van der Waals surface area contributed by atoms with E-state index < -0.39 is 40.3 Å². The number of alkyl carbamates (subject to hydrolysis) is 1. The number of ether oxygens (including phenoxy) is 2. The van der Waals surface area contributed by atoms with Gasteiger partial charge in [0.05, 0.1) is 18.7 Å². The maximum atomic E-state index is 12.3. The number of nitrogens with zero attached hydrogens (tertiary/aromatic N) is 1. The van der Waals surface area contributed by atoms with E-state index in [0.717, 1.165) is 17.9 Å². The average Bonchev–Trinajstić information content (AvgIpc) is 2.45. The van der Waals surface area contributed by atoms with Gasteiger partial charge in [0.25, 0.3) is 0 Å². The minimum atomic E-state index is -1.73. The summed E-state index contributed by atoms with van der Waals surface area (Å²) in [6, 6.07) is -1.03. The lowest BCUT2D eigenvalue weighted by Gasteiger charge is -2.32. The lowest BCUT2D eigenvalue weighted by molar-refractivity contribution is -0.163. The highest BCUT2D eigenvalue weighted by atomic mass is 35.6. The summed E-state index contributed by atoms with van der Waals surface area (Å²) in [5.74, 6) is 0. The third-order valence-corrected chi connectivity index (χ3v) is 3.43. The molecule has 0 spiro atoms. The van der Waals surface area contributed by atoms with Gasteiger partial charge in [-0.15, -0.1) is 0 Å². The van der Waals surface area contributed by atoms with Crippen LogP contribution >= 0.6 is 34.8 Å². The van der Waals surface area contributed by atoms with Crippen molar-refractivity contribution in [3.8, 4) is 0 Å². The smallest absolute Gasteiger partial charge is 0.434 e. The molecule has 2 unspecified atom stereocenters. The predicted molar refractivity (Wildman–Crippen MR) is 103 cm³/mol. The zero-order valence-corrected chi connectivity index (χ0v) is 18.4. The number of rotatable bonds is 8. The molecule has 10 heteroatoms. The first-order valence-electron chi connectivity index (χ1n) is 8.42. The Morgan fingerprint density at radius 3 is 2.19 bits per heavy atom. The number of nitrogens with one attached hydrogen (secondary N) is 1. The summed E-state index contributed by atoms with van der Waals surface area (Å²) in [6.07, 6.45) is 0.226. The van der Waals surface area contributed by atoms with E-state index in [4.69, 9.17) is 49.1 Å². The molecule has 0 aromatic rings. The number of halogens is 3. The average molecular weight is 436 g/mol. The fraction of sp³-hybridized carbons (Fsp3) is 0.875. The van der Waals surface area contributed by atoms with E-state index in [2.05, 4.69) is 5.32 Å². The maximum absolute atomic E-state index is 12.3. The molecule has 0 aromatic heterocycles. The van der Waals surface area contributed by atoms with Crippen molar-refractivity contribution < 1.29 is 23.9 Å². The van der Waals surface area contributed by atoms with Crippen molar-refractivity contribution in [1.82, 2.24) is 10.4 Å². The fourth-order valence-electron chi connectivity index (χ4n) is 1.67. The molecule has 0 aromatic carbocycles. The summed E-state index contributed by atoms with van der Waals surface area (Å²) in [4.78, 5) is 29.7. The molecule has 0 aliphatic heterocycles. The van der Waals surface area contributed by atoms with Crippen LogP contribution in [0.5, 0.6) is 0 Å². The SMILES string of the molecule is CCCCON(C(=O)OCC(Cl)(Cl)Cl)C(C)C(C)NC(=O)OC(C)(C)C. The number of alkyl halides is 3. The minimum absolute atomic E-state index is 0.308. The molecule has 0 saturated heterocycles. The molecule has 0 aliphatic rings. The van der Waals surface area contributed by atoms with Gasteiger partial charge in [0, 0.05) is 0 Å². The van der Waals surface area contributed by atoms with Gasteiger partial charge in [-0.25, -0.2) is 9.59 Å². The van der Waals surface area contributed by atoms with Gasteiger partial charge in [-0.3, -0.25) is 4.84 Å². The van der Waals surface area contributed by atoms with Crippen molar-refractivity contribution in [1.29, 1.82) is 0 Å². The van der Waals surface area contributed by atoms with E-state index >= 15 is 0 Å². The number of hydroxylamine groups is 2. The van der Waals surface area contributed by atoms with Gasteiger partial charge in [0.1, 0.15) is 12.2 Å². The van der Waals surface area contributed by atoms with Gasteiger partial charge in [-0.2, -0.15) is 5.06 Å².